The van der Waals surface area contributed by atoms with Crippen molar-refractivity contribution >= 4 is 22.0 Å². The summed E-state index contributed by atoms with van der Waals surface area (Å²) in [6.07, 6.45) is 4.35. The van der Waals surface area contributed by atoms with Gasteiger partial charge < -0.3 is 14.5 Å². The van der Waals surface area contributed by atoms with Crippen molar-refractivity contribution in [3.63, 3.8) is 0 Å². The van der Waals surface area contributed by atoms with Gasteiger partial charge >= 0.3 is 10.2 Å². The number of ether oxygens (including phenoxy) is 1. The van der Waals surface area contributed by atoms with Crippen LogP contribution in [0.2, 0.25) is 0 Å². The Balaban J connectivity index is 1.54. The van der Waals surface area contributed by atoms with Crippen LogP contribution in [-0.4, -0.2) is 86.1 Å². The Bertz CT molecular complexity index is 806. The highest BCUT2D eigenvalue weighted by Gasteiger charge is 2.44. The van der Waals surface area contributed by atoms with E-state index in [4.69, 9.17) is 10.00 Å². The first kappa shape index (κ1) is 17.3. The molecular weight excluding hydrogens is 358 g/mol. The van der Waals surface area contributed by atoms with Crippen LogP contribution in [0, 0.1) is 11.5 Å². The molecule has 0 saturated carbocycles. The fourth-order valence-electron chi connectivity index (χ4n) is 3.62. The highest BCUT2D eigenvalue weighted by molar-refractivity contribution is 7.90. The molecular formula is C15H21N7O3S. The van der Waals surface area contributed by atoms with E-state index in [1.165, 1.54) is 8.61 Å². The maximum absolute atomic E-state index is 13.0. The van der Waals surface area contributed by atoms with E-state index in [0.717, 1.165) is 13.1 Å². The monoisotopic (exact) mass is 379 g/mol. The van der Waals surface area contributed by atoms with Gasteiger partial charge in [0.25, 0.3) is 0 Å². The molecule has 11 heteroatoms. The predicted molar refractivity (Wildman–Crippen MR) is 93.6 cm³/mol. The molecule has 1 atom stereocenters. The molecule has 3 aliphatic heterocycles. The van der Waals surface area contributed by atoms with Crippen LogP contribution < -0.4 is 9.21 Å². The van der Waals surface area contributed by atoms with E-state index in [-0.39, 0.29) is 12.0 Å². The Kier molecular flexibility index (Phi) is 4.56. The lowest BCUT2D eigenvalue weighted by atomic mass is 10.2. The average molecular weight is 379 g/mol. The number of hydrogen-bond donors (Lipinski definition) is 0. The van der Waals surface area contributed by atoms with Crippen molar-refractivity contribution in [2.75, 3.05) is 61.7 Å². The summed E-state index contributed by atoms with van der Waals surface area (Å²) in [5.41, 5.74) is 0. The second kappa shape index (κ2) is 6.86. The average Bonchev–Trinajstić information content (AvgIpc) is 3.26. The van der Waals surface area contributed by atoms with Crippen LogP contribution in [-0.2, 0) is 14.9 Å². The van der Waals surface area contributed by atoms with Crippen LogP contribution in [0.25, 0.3) is 0 Å². The number of hydrogen-bond acceptors (Lipinski definition) is 8. The van der Waals surface area contributed by atoms with Crippen molar-refractivity contribution in [3.05, 3.63) is 12.3 Å². The fourth-order valence-corrected chi connectivity index (χ4v) is 5.34. The normalized spacial score (nSPS) is 26.3. The van der Waals surface area contributed by atoms with E-state index in [1.54, 1.807) is 17.2 Å². The lowest BCUT2D eigenvalue weighted by Gasteiger charge is -2.28. The SMILES string of the molecule is N#CN1CC[C@@H](N2CCN(c3nccc(N4CCOCC4)n3)S2(=O)=O)C1. The molecule has 1 aromatic rings. The Morgan fingerprint density at radius 3 is 2.73 bits per heavy atom. The van der Waals surface area contributed by atoms with E-state index < -0.39 is 10.2 Å². The van der Waals surface area contributed by atoms with Crippen LogP contribution in [0.15, 0.2) is 12.3 Å². The van der Waals surface area contributed by atoms with E-state index in [0.29, 0.717) is 51.6 Å². The van der Waals surface area contributed by atoms with Gasteiger partial charge in [-0.15, -0.1) is 0 Å². The number of nitriles is 1. The van der Waals surface area contributed by atoms with Crippen LogP contribution in [0.4, 0.5) is 11.8 Å². The van der Waals surface area contributed by atoms with Gasteiger partial charge in [0.15, 0.2) is 6.19 Å². The van der Waals surface area contributed by atoms with E-state index >= 15 is 0 Å². The molecule has 0 bridgehead atoms. The molecule has 3 fully saturated rings. The summed E-state index contributed by atoms with van der Waals surface area (Å²) < 4.78 is 34.1. The first-order valence-corrected chi connectivity index (χ1v) is 10.1. The first-order chi connectivity index (χ1) is 12.6. The smallest absolute Gasteiger partial charge is 0.306 e. The third-order valence-electron chi connectivity index (χ3n) is 5.00. The van der Waals surface area contributed by atoms with Crippen molar-refractivity contribution < 1.29 is 13.2 Å². The zero-order valence-corrected chi connectivity index (χ0v) is 15.2. The summed E-state index contributed by atoms with van der Waals surface area (Å²) in [6.45, 7) is 4.45. The van der Waals surface area contributed by atoms with Gasteiger partial charge in [-0.2, -0.15) is 23.0 Å². The van der Waals surface area contributed by atoms with E-state index in [9.17, 15) is 8.42 Å². The van der Waals surface area contributed by atoms with Crippen molar-refractivity contribution in [1.29, 1.82) is 5.26 Å². The molecule has 0 spiro atoms. The molecule has 3 saturated heterocycles. The summed E-state index contributed by atoms with van der Waals surface area (Å²) in [5, 5.41) is 9.01. The molecule has 0 aromatic carbocycles. The third-order valence-corrected chi connectivity index (χ3v) is 6.97. The molecule has 140 valence electrons. The number of rotatable bonds is 3. The lowest BCUT2D eigenvalue weighted by Crippen LogP contribution is -2.41. The van der Waals surface area contributed by atoms with E-state index in [2.05, 4.69) is 21.1 Å². The van der Waals surface area contributed by atoms with Gasteiger partial charge in [-0.3, -0.25) is 0 Å². The fraction of sp³-hybridized carbons (Fsp3) is 0.667. The van der Waals surface area contributed by atoms with E-state index in [1.807, 2.05) is 0 Å². The van der Waals surface area contributed by atoms with Gasteiger partial charge in [-0.05, 0) is 12.5 Å². The highest BCUT2D eigenvalue weighted by Crippen LogP contribution is 2.28. The van der Waals surface area contributed by atoms with Crippen molar-refractivity contribution in [1.82, 2.24) is 19.2 Å². The summed E-state index contributed by atoms with van der Waals surface area (Å²) >= 11 is 0. The molecule has 4 rings (SSSR count). The molecule has 4 heterocycles. The van der Waals surface area contributed by atoms with Crippen LogP contribution in [0.1, 0.15) is 6.42 Å². The van der Waals surface area contributed by atoms with Crippen LogP contribution in [0.3, 0.4) is 0 Å². The molecule has 0 amide bonds. The number of morpholine rings is 1. The Labute approximate surface area is 152 Å². The zero-order chi connectivity index (χ0) is 18.1. The standard InChI is InChI=1S/C15H21N7O3S/c16-12-19-4-2-13(11-19)21-5-6-22(26(21,23)24)15-17-3-1-14(18-15)20-7-9-25-10-8-20/h1,3,13H,2,4-11H2/t13-/m1/s1. The third kappa shape index (κ3) is 3.04. The second-order valence-electron chi connectivity index (χ2n) is 6.49. The molecule has 3 aliphatic rings. The second-order valence-corrected chi connectivity index (χ2v) is 8.30. The summed E-state index contributed by atoms with van der Waals surface area (Å²) in [6, 6.07) is 1.61. The molecule has 1 aromatic heterocycles. The van der Waals surface area contributed by atoms with Crippen LogP contribution >= 0.6 is 0 Å². The van der Waals surface area contributed by atoms with Gasteiger partial charge in [0.05, 0.1) is 19.8 Å². The van der Waals surface area contributed by atoms with Gasteiger partial charge in [0.1, 0.15) is 5.82 Å². The maximum atomic E-state index is 13.0. The molecule has 0 aliphatic carbocycles. The zero-order valence-electron chi connectivity index (χ0n) is 14.4. The number of likely N-dealkylation sites (tertiary alicyclic amines) is 1. The molecule has 10 nitrogen and oxygen atoms in total. The van der Waals surface area contributed by atoms with Gasteiger partial charge in [0.2, 0.25) is 5.95 Å². The maximum Gasteiger partial charge on any atom is 0.306 e. The minimum atomic E-state index is -3.68. The Morgan fingerprint density at radius 1 is 1.19 bits per heavy atom. The minimum absolute atomic E-state index is 0.174. The van der Waals surface area contributed by atoms with Gasteiger partial charge in [-0.25, -0.2) is 9.29 Å². The minimum Gasteiger partial charge on any atom is -0.378 e. The number of anilines is 2. The molecule has 26 heavy (non-hydrogen) atoms. The van der Waals surface area contributed by atoms with Crippen molar-refractivity contribution in [2.24, 2.45) is 0 Å². The number of nitrogens with zero attached hydrogens (tertiary/aromatic N) is 7. The topological polar surface area (TPSA) is 106 Å². The molecule has 0 radical (unpaired) electrons. The van der Waals surface area contributed by atoms with Crippen molar-refractivity contribution in [3.8, 4) is 6.19 Å². The largest absolute Gasteiger partial charge is 0.378 e. The predicted octanol–water partition coefficient (Wildman–Crippen LogP) is -0.765. The van der Waals surface area contributed by atoms with Gasteiger partial charge in [-0.1, -0.05) is 0 Å². The van der Waals surface area contributed by atoms with Crippen molar-refractivity contribution in [2.45, 2.75) is 12.5 Å². The van der Waals surface area contributed by atoms with Gasteiger partial charge in [0, 0.05) is 45.0 Å². The highest BCUT2D eigenvalue weighted by atomic mass is 32.2. The summed E-state index contributed by atoms with van der Waals surface area (Å²) in [4.78, 5) is 12.3. The first-order valence-electron chi connectivity index (χ1n) is 8.69. The summed E-state index contributed by atoms with van der Waals surface area (Å²) in [7, 11) is -3.68. The Morgan fingerprint density at radius 2 is 2.00 bits per heavy atom. The number of aromatic nitrogens is 2. The Hall–Kier alpha value is -2.16. The quantitative estimate of drug-likeness (QED) is 0.631. The lowest BCUT2D eigenvalue weighted by molar-refractivity contribution is 0.122. The molecule has 0 unspecified atom stereocenters. The summed E-state index contributed by atoms with van der Waals surface area (Å²) in [5.74, 6) is 0.912. The van der Waals surface area contributed by atoms with Crippen LogP contribution in [0.5, 0.6) is 0 Å². The molecule has 0 N–H and O–H groups in total.